The van der Waals surface area contributed by atoms with Gasteiger partial charge in [0.05, 0.1) is 6.54 Å². The van der Waals surface area contributed by atoms with Crippen molar-refractivity contribution >= 4 is 16.1 Å². The Labute approximate surface area is 91.2 Å². The van der Waals surface area contributed by atoms with Crippen molar-refractivity contribution in [1.29, 1.82) is 0 Å². The zero-order chi connectivity index (χ0) is 12.1. The molecule has 0 heterocycles. The van der Waals surface area contributed by atoms with Gasteiger partial charge in [0, 0.05) is 20.1 Å². The highest BCUT2D eigenvalue weighted by Gasteiger charge is 2.14. The van der Waals surface area contributed by atoms with Crippen LogP contribution in [0.15, 0.2) is 0 Å². The van der Waals surface area contributed by atoms with Crippen LogP contribution in [0.25, 0.3) is 0 Å². The maximum atomic E-state index is 11.2. The van der Waals surface area contributed by atoms with Crippen LogP contribution in [0.4, 0.5) is 0 Å². The van der Waals surface area contributed by atoms with Gasteiger partial charge in [0.1, 0.15) is 0 Å². The molecular weight excluding hydrogens is 218 g/mol. The van der Waals surface area contributed by atoms with E-state index in [1.165, 1.54) is 14.1 Å². The molecule has 0 aromatic rings. The summed E-state index contributed by atoms with van der Waals surface area (Å²) in [5.74, 6) is -0.324. The van der Waals surface area contributed by atoms with Crippen LogP contribution in [0.1, 0.15) is 20.3 Å². The lowest BCUT2D eigenvalue weighted by atomic mass is 10.2. The van der Waals surface area contributed by atoms with Crippen molar-refractivity contribution in [1.82, 2.24) is 14.3 Å². The fraction of sp³-hybridized carbons (Fsp3) is 0.875. The van der Waals surface area contributed by atoms with Gasteiger partial charge in [0.25, 0.3) is 10.2 Å². The number of nitrogens with one attached hydrogen (secondary N) is 2. The van der Waals surface area contributed by atoms with E-state index in [2.05, 4.69) is 10.0 Å². The molecule has 1 atom stereocenters. The smallest absolute Gasteiger partial charge is 0.279 e. The summed E-state index contributed by atoms with van der Waals surface area (Å²) in [5.41, 5.74) is 0. The van der Waals surface area contributed by atoms with Crippen molar-refractivity contribution in [3.05, 3.63) is 0 Å². The van der Waals surface area contributed by atoms with Crippen LogP contribution in [0.2, 0.25) is 0 Å². The van der Waals surface area contributed by atoms with Crippen LogP contribution in [0.3, 0.4) is 0 Å². The van der Waals surface area contributed by atoms with Gasteiger partial charge in [-0.15, -0.1) is 0 Å². The Morgan fingerprint density at radius 2 is 1.93 bits per heavy atom. The predicted molar refractivity (Wildman–Crippen MR) is 58.5 cm³/mol. The first-order valence-electron chi connectivity index (χ1n) is 4.76. The maximum absolute atomic E-state index is 11.2. The molecule has 0 bridgehead atoms. The van der Waals surface area contributed by atoms with E-state index in [1.54, 1.807) is 0 Å². The van der Waals surface area contributed by atoms with Crippen molar-refractivity contribution < 1.29 is 13.2 Å². The van der Waals surface area contributed by atoms with Gasteiger partial charge in [-0.25, -0.2) is 0 Å². The van der Waals surface area contributed by atoms with Crippen LogP contribution in [0.5, 0.6) is 0 Å². The molecule has 6 nitrogen and oxygen atoms in total. The minimum atomic E-state index is -3.51. The lowest BCUT2D eigenvalue weighted by Crippen LogP contribution is -2.44. The summed E-state index contributed by atoms with van der Waals surface area (Å²) in [6.07, 6.45) is 0.812. The number of hydrogen-bond acceptors (Lipinski definition) is 3. The molecule has 0 fully saturated rings. The molecule has 0 rings (SSSR count). The van der Waals surface area contributed by atoms with Gasteiger partial charge in [-0.1, -0.05) is 6.92 Å². The van der Waals surface area contributed by atoms with E-state index in [4.69, 9.17) is 0 Å². The first-order valence-corrected chi connectivity index (χ1v) is 6.20. The third-order valence-electron chi connectivity index (χ3n) is 1.92. The second kappa shape index (κ2) is 6.04. The average molecular weight is 237 g/mol. The predicted octanol–water partition coefficient (Wildman–Crippen LogP) is -0.703. The van der Waals surface area contributed by atoms with E-state index < -0.39 is 10.2 Å². The lowest BCUT2D eigenvalue weighted by Gasteiger charge is -2.14. The minimum absolute atomic E-state index is 0.0568. The molecule has 0 aromatic heterocycles. The van der Waals surface area contributed by atoms with Gasteiger partial charge in [-0.3, -0.25) is 4.79 Å². The fourth-order valence-electron chi connectivity index (χ4n) is 0.714. The van der Waals surface area contributed by atoms with E-state index >= 15 is 0 Å². The summed E-state index contributed by atoms with van der Waals surface area (Å²) in [4.78, 5) is 11.2. The van der Waals surface area contributed by atoms with E-state index in [0.717, 1.165) is 10.7 Å². The van der Waals surface area contributed by atoms with Gasteiger partial charge in [0.15, 0.2) is 0 Å². The van der Waals surface area contributed by atoms with Crippen molar-refractivity contribution in [3.63, 3.8) is 0 Å². The molecule has 0 saturated heterocycles. The standard InChI is InChI=1S/C8H19N3O3S/c1-5-7(2)10-8(12)6-9-15(13,14)11(3)4/h7,9H,5-6H2,1-4H3,(H,10,12). The Morgan fingerprint density at radius 3 is 2.33 bits per heavy atom. The van der Waals surface area contributed by atoms with Gasteiger partial charge < -0.3 is 5.32 Å². The Bertz CT molecular complexity index is 300. The van der Waals surface area contributed by atoms with Crippen LogP contribution >= 0.6 is 0 Å². The summed E-state index contributed by atoms with van der Waals surface area (Å²) in [5, 5.41) is 2.66. The average Bonchev–Trinajstić information content (AvgIpc) is 2.14. The summed E-state index contributed by atoms with van der Waals surface area (Å²) in [6.45, 7) is 3.57. The van der Waals surface area contributed by atoms with Crippen LogP contribution in [0, 0.1) is 0 Å². The molecule has 1 unspecified atom stereocenters. The van der Waals surface area contributed by atoms with E-state index in [9.17, 15) is 13.2 Å². The van der Waals surface area contributed by atoms with Gasteiger partial charge in [0.2, 0.25) is 5.91 Å². The quantitative estimate of drug-likeness (QED) is 0.641. The Hall–Kier alpha value is -0.660. The number of rotatable bonds is 6. The molecule has 0 saturated carbocycles. The minimum Gasteiger partial charge on any atom is -0.353 e. The van der Waals surface area contributed by atoms with Gasteiger partial charge >= 0.3 is 0 Å². The van der Waals surface area contributed by atoms with E-state index in [-0.39, 0.29) is 18.5 Å². The molecule has 0 radical (unpaired) electrons. The second-order valence-electron chi connectivity index (χ2n) is 3.49. The molecular formula is C8H19N3O3S. The Morgan fingerprint density at radius 1 is 1.40 bits per heavy atom. The molecule has 90 valence electrons. The molecule has 0 aliphatic heterocycles. The van der Waals surface area contributed by atoms with Crippen molar-refractivity contribution in [2.45, 2.75) is 26.3 Å². The SMILES string of the molecule is CCC(C)NC(=O)CNS(=O)(=O)N(C)C. The maximum Gasteiger partial charge on any atom is 0.279 e. The summed E-state index contributed by atoms with van der Waals surface area (Å²) in [7, 11) is -0.718. The van der Waals surface area contributed by atoms with Gasteiger partial charge in [-0.05, 0) is 13.3 Å². The third-order valence-corrected chi connectivity index (χ3v) is 3.39. The number of nitrogens with zero attached hydrogens (tertiary/aromatic N) is 1. The molecule has 7 heteroatoms. The highest BCUT2D eigenvalue weighted by atomic mass is 32.2. The first kappa shape index (κ1) is 14.3. The molecule has 1 amide bonds. The zero-order valence-electron chi connectivity index (χ0n) is 9.57. The molecule has 0 aliphatic rings. The Balaban J connectivity index is 4.02. The largest absolute Gasteiger partial charge is 0.353 e. The number of carbonyl (C=O) groups is 1. The monoisotopic (exact) mass is 237 g/mol. The summed E-state index contributed by atoms with van der Waals surface area (Å²) in [6, 6.07) is 0.0568. The van der Waals surface area contributed by atoms with Crippen LogP contribution in [-0.4, -0.2) is 45.3 Å². The molecule has 0 spiro atoms. The topological polar surface area (TPSA) is 78.5 Å². The number of hydrogen-bond donors (Lipinski definition) is 2. The Kier molecular flexibility index (Phi) is 5.77. The molecule has 0 aromatic carbocycles. The second-order valence-corrected chi connectivity index (χ2v) is 5.45. The van der Waals surface area contributed by atoms with E-state index in [1.807, 2.05) is 13.8 Å². The highest BCUT2D eigenvalue weighted by Crippen LogP contribution is 1.89. The highest BCUT2D eigenvalue weighted by molar-refractivity contribution is 7.87. The fourth-order valence-corrected chi connectivity index (χ4v) is 1.29. The number of carbonyl (C=O) groups excluding carboxylic acids is 1. The van der Waals surface area contributed by atoms with Crippen molar-refractivity contribution in [3.8, 4) is 0 Å². The lowest BCUT2D eigenvalue weighted by molar-refractivity contribution is -0.120. The zero-order valence-corrected chi connectivity index (χ0v) is 10.4. The van der Waals surface area contributed by atoms with Gasteiger partial charge in [-0.2, -0.15) is 17.4 Å². The van der Waals surface area contributed by atoms with Crippen molar-refractivity contribution in [2.24, 2.45) is 0 Å². The van der Waals surface area contributed by atoms with E-state index in [0.29, 0.717) is 0 Å². The number of amides is 1. The summed E-state index contributed by atoms with van der Waals surface area (Å²) < 4.78 is 25.6. The molecule has 15 heavy (non-hydrogen) atoms. The third kappa shape index (κ3) is 5.71. The molecule has 0 aliphatic carbocycles. The van der Waals surface area contributed by atoms with Crippen molar-refractivity contribution in [2.75, 3.05) is 20.6 Å². The first-order chi connectivity index (χ1) is 6.79. The van der Waals surface area contributed by atoms with Crippen LogP contribution < -0.4 is 10.0 Å². The van der Waals surface area contributed by atoms with Crippen LogP contribution in [-0.2, 0) is 15.0 Å². The summed E-state index contributed by atoms with van der Waals surface area (Å²) >= 11 is 0. The molecule has 2 N–H and O–H groups in total. The normalized spacial score (nSPS) is 13.9.